The summed E-state index contributed by atoms with van der Waals surface area (Å²) in [6, 6.07) is 21.7. The van der Waals surface area contributed by atoms with Gasteiger partial charge in [0.2, 0.25) is 0 Å². The Labute approximate surface area is 182 Å². The van der Waals surface area contributed by atoms with Gasteiger partial charge in [-0.05, 0) is 62.1 Å². The number of nitrogens with zero attached hydrogens (tertiary/aromatic N) is 2. The molecule has 2 aliphatic heterocycles. The van der Waals surface area contributed by atoms with Crippen molar-refractivity contribution in [3.05, 3.63) is 100 Å². The summed E-state index contributed by atoms with van der Waals surface area (Å²) in [7, 11) is 0. The Morgan fingerprint density at radius 3 is 2.23 bits per heavy atom. The summed E-state index contributed by atoms with van der Waals surface area (Å²) >= 11 is 0. The van der Waals surface area contributed by atoms with Gasteiger partial charge in [-0.2, -0.15) is 0 Å². The number of aryl methyl sites for hydroxylation is 3. The van der Waals surface area contributed by atoms with Crippen LogP contribution in [0.2, 0.25) is 0 Å². The van der Waals surface area contributed by atoms with E-state index in [0.29, 0.717) is 23.5 Å². The maximum absolute atomic E-state index is 13.8. The SMILES string of the molecule is Cc1ccc(N2C(=O)C(c3ccc(C)cc3C)=C(N3CCc4ccccc43)C2=O)cc1. The van der Waals surface area contributed by atoms with Crippen LogP contribution in [0.1, 0.15) is 27.8 Å². The van der Waals surface area contributed by atoms with Crippen molar-refractivity contribution in [1.82, 2.24) is 0 Å². The van der Waals surface area contributed by atoms with E-state index in [1.54, 1.807) is 0 Å². The van der Waals surface area contributed by atoms with Crippen LogP contribution in [0.25, 0.3) is 5.57 Å². The number of hydrogen-bond donors (Lipinski definition) is 0. The van der Waals surface area contributed by atoms with E-state index in [2.05, 4.69) is 12.1 Å². The molecule has 5 rings (SSSR count). The van der Waals surface area contributed by atoms with E-state index < -0.39 is 0 Å². The van der Waals surface area contributed by atoms with Gasteiger partial charge < -0.3 is 4.90 Å². The molecule has 0 saturated heterocycles. The van der Waals surface area contributed by atoms with Crippen molar-refractivity contribution in [1.29, 1.82) is 0 Å². The van der Waals surface area contributed by atoms with Crippen LogP contribution in [-0.4, -0.2) is 18.4 Å². The molecule has 0 radical (unpaired) electrons. The van der Waals surface area contributed by atoms with Crippen molar-refractivity contribution in [3.63, 3.8) is 0 Å². The number of imide groups is 1. The van der Waals surface area contributed by atoms with Gasteiger partial charge in [-0.3, -0.25) is 9.59 Å². The van der Waals surface area contributed by atoms with E-state index in [4.69, 9.17) is 0 Å². The average molecular weight is 409 g/mol. The van der Waals surface area contributed by atoms with Gasteiger partial charge in [0.1, 0.15) is 5.70 Å². The molecule has 2 amide bonds. The summed E-state index contributed by atoms with van der Waals surface area (Å²) in [5.41, 5.74) is 7.79. The summed E-state index contributed by atoms with van der Waals surface area (Å²) < 4.78 is 0. The van der Waals surface area contributed by atoms with Gasteiger partial charge in [0, 0.05) is 12.2 Å². The molecule has 0 fully saturated rings. The van der Waals surface area contributed by atoms with Gasteiger partial charge in [0.05, 0.1) is 11.3 Å². The first kappa shape index (κ1) is 19.3. The average Bonchev–Trinajstić information content (AvgIpc) is 3.27. The first-order valence-electron chi connectivity index (χ1n) is 10.6. The third-order valence-electron chi connectivity index (χ3n) is 6.16. The molecule has 4 heteroatoms. The second-order valence-electron chi connectivity index (χ2n) is 8.35. The van der Waals surface area contributed by atoms with Crippen molar-refractivity contribution in [2.75, 3.05) is 16.3 Å². The van der Waals surface area contributed by atoms with E-state index in [9.17, 15) is 9.59 Å². The Kier molecular flexibility index (Phi) is 4.51. The fourth-order valence-corrected chi connectivity index (χ4v) is 4.60. The smallest absolute Gasteiger partial charge is 0.282 e. The largest absolute Gasteiger partial charge is 0.336 e. The lowest BCUT2D eigenvalue weighted by Crippen LogP contribution is -2.34. The number of fused-ring (bicyclic) bond motifs is 1. The number of hydrogen-bond acceptors (Lipinski definition) is 3. The van der Waals surface area contributed by atoms with Crippen molar-refractivity contribution in [3.8, 4) is 0 Å². The van der Waals surface area contributed by atoms with Crippen molar-refractivity contribution in [2.45, 2.75) is 27.2 Å². The molecule has 3 aromatic rings. The third kappa shape index (κ3) is 3.07. The second-order valence-corrected chi connectivity index (χ2v) is 8.35. The molecule has 3 aromatic carbocycles. The van der Waals surface area contributed by atoms with E-state index in [0.717, 1.165) is 34.4 Å². The molecule has 2 heterocycles. The summed E-state index contributed by atoms with van der Waals surface area (Å²) in [5.74, 6) is -0.527. The van der Waals surface area contributed by atoms with Crippen LogP contribution in [0.4, 0.5) is 11.4 Å². The number of carbonyl (C=O) groups is 2. The molecule has 0 unspecified atom stereocenters. The number of amides is 2. The standard InChI is InChI=1S/C27H24N2O2/c1-17-8-11-21(12-9-17)29-26(30)24(22-13-10-18(2)16-19(22)3)25(27(29)31)28-15-14-20-6-4-5-7-23(20)28/h4-13,16H,14-15H2,1-3H3. The quantitative estimate of drug-likeness (QED) is 0.575. The number of benzene rings is 3. The highest BCUT2D eigenvalue weighted by Crippen LogP contribution is 2.40. The zero-order valence-corrected chi connectivity index (χ0v) is 18.0. The molecular weight excluding hydrogens is 384 g/mol. The van der Waals surface area contributed by atoms with E-state index >= 15 is 0 Å². The molecule has 4 nitrogen and oxygen atoms in total. The monoisotopic (exact) mass is 408 g/mol. The summed E-state index contributed by atoms with van der Waals surface area (Å²) in [6.07, 6.45) is 0.853. The molecule has 0 saturated carbocycles. The van der Waals surface area contributed by atoms with Crippen LogP contribution in [0, 0.1) is 20.8 Å². The van der Waals surface area contributed by atoms with Gasteiger partial charge >= 0.3 is 0 Å². The molecule has 154 valence electrons. The molecule has 0 bridgehead atoms. The van der Waals surface area contributed by atoms with Gasteiger partial charge in [-0.25, -0.2) is 4.90 Å². The molecule has 0 aromatic heterocycles. The first-order valence-corrected chi connectivity index (χ1v) is 10.6. The van der Waals surface area contributed by atoms with Crippen LogP contribution in [-0.2, 0) is 16.0 Å². The van der Waals surface area contributed by atoms with Crippen LogP contribution in [0.5, 0.6) is 0 Å². The lowest BCUT2D eigenvalue weighted by molar-refractivity contribution is -0.120. The highest BCUT2D eigenvalue weighted by Gasteiger charge is 2.44. The number of para-hydroxylation sites is 1. The van der Waals surface area contributed by atoms with Gasteiger partial charge in [0.15, 0.2) is 0 Å². The van der Waals surface area contributed by atoms with Crippen LogP contribution < -0.4 is 9.80 Å². The fourth-order valence-electron chi connectivity index (χ4n) is 4.60. The second kappa shape index (κ2) is 7.24. The van der Waals surface area contributed by atoms with Gasteiger partial charge in [-0.15, -0.1) is 0 Å². The topological polar surface area (TPSA) is 40.6 Å². The maximum Gasteiger partial charge on any atom is 0.282 e. The zero-order chi connectivity index (χ0) is 21.7. The van der Waals surface area contributed by atoms with Crippen LogP contribution in [0.3, 0.4) is 0 Å². The highest BCUT2D eigenvalue weighted by atomic mass is 16.2. The number of carbonyl (C=O) groups excluding carboxylic acids is 2. The number of anilines is 2. The molecule has 0 aliphatic carbocycles. The fraction of sp³-hybridized carbons (Fsp3) is 0.185. The Bertz CT molecular complexity index is 1250. The number of rotatable bonds is 3. The zero-order valence-electron chi connectivity index (χ0n) is 18.0. The summed E-state index contributed by atoms with van der Waals surface area (Å²) in [4.78, 5) is 30.9. The minimum absolute atomic E-state index is 0.263. The van der Waals surface area contributed by atoms with E-state index in [1.807, 2.05) is 80.3 Å². The molecule has 0 N–H and O–H groups in total. The van der Waals surface area contributed by atoms with Crippen LogP contribution in [0.15, 0.2) is 72.4 Å². The lowest BCUT2D eigenvalue weighted by atomic mass is 9.97. The minimum Gasteiger partial charge on any atom is -0.336 e. The maximum atomic E-state index is 13.8. The summed E-state index contributed by atoms with van der Waals surface area (Å²) in [6.45, 7) is 6.70. The molecular formula is C27H24N2O2. The van der Waals surface area contributed by atoms with Crippen LogP contribution >= 0.6 is 0 Å². The lowest BCUT2D eigenvalue weighted by Gasteiger charge is -2.22. The molecule has 2 aliphatic rings. The predicted molar refractivity (Wildman–Crippen MR) is 124 cm³/mol. The third-order valence-corrected chi connectivity index (χ3v) is 6.16. The Morgan fingerprint density at radius 1 is 0.774 bits per heavy atom. The van der Waals surface area contributed by atoms with Gasteiger partial charge in [-0.1, -0.05) is 59.7 Å². The van der Waals surface area contributed by atoms with Crippen molar-refractivity contribution in [2.24, 2.45) is 0 Å². The summed E-state index contributed by atoms with van der Waals surface area (Å²) in [5, 5.41) is 0. The predicted octanol–water partition coefficient (Wildman–Crippen LogP) is 4.96. The normalized spacial score (nSPS) is 15.8. The van der Waals surface area contributed by atoms with Gasteiger partial charge in [0.25, 0.3) is 11.8 Å². The Hall–Kier alpha value is -3.66. The molecule has 0 atom stereocenters. The Morgan fingerprint density at radius 2 is 1.48 bits per heavy atom. The minimum atomic E-state index is -0.264. The molecule has 31 heavy (non-hydrogen) atoms. The molecule has 0 spiro atoms. The van der Waals surface area contributed by atoms with E-state index in [-0.39, 0.29) is 11.8 Å². The Balaban J connectivity index is 1.71. The van der Waals surface area contributed by atoms with Crippen molar-refractivity contribution >= 4 is 28.8 Å². The highest BCUT2D eigenvalue weighted by molar-refractivity contribution is 6.46. The van der Waals surface area contributed by atoms with E-state index in [1.165, 1.54) is 10.5 Å². The first-order chi connectivity index (χ1) is 15.0. The van der Waals surface area contributed by atoms with Crippen molar-refractivity contribution < 1.29 is 9.59 Å².